The van der Waals surface area contributed by atoms with Gasteiger partial charge in [-0.1, -0.05) is 48.5 Å². The minimum absolute atomic E-state index is 0.0878. The molecule has 0 aliphatic heterocycles. The summed E-state index contributed by atoms with van der Waals surface area (Å²) in [5.41, 5.74) is 0.179. The molecular formula is C15H11F3N4. The van der Waals surface area contributed by atoms with Crippen molar-refractivity contribution in [2.75, 3.05) is 0 Å². The second-order valence-electron chi connectivity index (χ2n) is 4.66. The predicted molar refractivity (Wildman–Crippen MR) is 73.8 cm³/mol. The first-order valence-corrected chi connectivity index (χ1v) is 6.52. The Labute approximate surface area is 124 Å². The molecule has 7 heteroatoms. The van der Waals surface area contributed by atoms with Crippen molar-refractivity contribution < 1.29 is 13.2 Å². The van der Waals surface area contributed by atoms with E-state index in [-0.39, 0.29) is 12.1 Å². The van der Waals surface area contributed by atoms with Crippen LogP contribution in [0.2, 0.25) is 0 Å². The van der Waals surface area contributed by atoms with Crippen LogP contribution >= 0.6 is 0 Å². The summed E-state index contributed by atoms with van der Waals surface area (Å²) in [6.45, 7) is -0.0878. The molecule has 0 N–H and O–H groups in total. The Bertz CT molecular complexity index is 766. The molecule has 0 bridgehead atoms. The van der Waals surface area contributed by atoms with Crippen LogP contribution < -0.4 is 0 Å². The Morgan fingerprint density at radius 1 is 0.909 bits per heavy atom. The molecule has 112 valence electrons. The molecule has 0 spiro atoms. The van der Waals surface area contributed by atoms with Gasteiger partial charge < -0.3 is 0 Å². The lowest BCUT2D eigenvalue weighted by atomic mass is 10.1. The molecular weight excluding hydrogens is 293 g/mol. The molecule has 3 rings (SSSR count). The topological polar surface area (TPSA) is 43.6 Å². The van der Waals surface area contributed by atoms with Crippen molar-refractivity contribution >= 4 is 0 Å². The first-order chi connectivity index (χ1) is 10.5. The molecule has 22 heavy (non-hydrogen) atoms. The molecule has 1 aromatic heterocycles. The Morgan fingerprint density at radius 2 is 1.59 bits per heavy atom. The average molecular weight is 304 g/mol. The summed E-state index contributed by atoms with van der Waals surface area (Å²) >= 11 is 0. The van der Waals surface area contributed by atoms with Gasteiger partial charge in [-0.3, -0.25) is 0 Å². The maximum atomic E-state index is 13.0. The summed E-state index contributed by atoms with van der Waals surface area (Å²) in [7, 11) is 0. The van der Waals surface area contributed by atoms with Gasteiger partial charge in [0.05, 0.1) is 12.1 Å². The van der Waals surface area contributed by atoms with E-state index in [1.165, 1.54) is 12.1 Å². The monoisotopic (exact) mass is 304 g/mol. The maximum absolute atomic E-state index is 13.0. The van der Waals surface area contributed by atoms with Gasteiger partial charge in [0.1, 0.15) is 0 Å². The molecule has 4 nitrogen and oxygen atoms in total. The Kier molecular flexibility index (Phi) is 3.62. The maximum Gasteiger partial charge on any atom is 0.416 e. The molecule has 0 unspecified atom stereocenters. The zero-order valence-corrected chi connectivity index (χ0v) is 11.3. The number of aromatic nitrogens is 4. The van der Waals surface area contributed by atoms with Crippen molar-refractivity contribution in [3.63, 3.8) is 0 Å². The first kappa shape index (κ1) is 14.2. The number of nitrogens with zero attached hydrogens (tertiary/aromatic N) is 4. The van der Waals surface area contributed by atoms with E-state index >= 15 is 0 Å². The van der Waals surface area contributed by atoms with Crippen molar-refractivity contribution in [3.05, 3.63) is 65.7 Å². The van der Waals surface area contributed by atoms with Crippen LogP contribution in [0.4, 0.5) is 13.2 Å². The van der Waals surface area contributed by atoms with Gasteiger partial charge in [-0.25, -0.2) is 0 Å². The Balaban J connectivity index is 1.88. The van der Waals surface area contributed by atoms with Crippen molar-refractivity contribution in [3.8, 4) is 11.4 Å². The zero-order valence-electron chi connectivity index (χ0n) is 11.3. The van der Waals surface area contributed by atoms with Crippen LogP contribution in [-0.4, -0.2) is 20.2 Å². The fourth-order valence-electron chi connectivity index (χ4n) is 2.10. The van der Waals surface area contributed by atoms with Gasteiger partial charge in [0.25, 0.3) is 0 Å². The van der Waals surface area contributed by atoms with E-state index in [2.05, 4.69) is 15.4 Å². The molecule has 0 radical (unpaired) electrons. The lowest BCUT2D eigenvalue weighted by molar-refractivity contribution is -0.138. The van der Waals surface area contributed by atoms with Crippen molar-refractivity contribution in [2.45, 2.75) is 12.7 Å². The summed E-state index contributed by atoms with van der Waals surface area (Å²) in [4.78, 5) is 1.16. The van der Waals surface area contributed by atoms with Gasteiger partial charge in [-0.05, 0) is 16.8 Å². The number of halogens is 3. The number of rotatable bonds is 3. The molecule has 0 atom stereocenters. The van der Waals surface area contributed by atoms with E-state index in [1.807, 2.05) is 30.3 Å². The highest BCUT2D eigenvalue weighted by atomic mass is 19.4. The average Bonchev–Trinajstić information content (AvgIpc) is 2.96. The Morgan fingerprint density at radius 3 is 2.32 bits per heavy atom. The second-order valence-corrected chi connectivity index (χ2v) is 4.66. The normalized spacial score (nSPS) is 11.6. The highest BCUT2D eigenvalue weighted by Gasteiger charge is 2.33. The highest BCUT2D eigenvalue weighted by Crippen LogP contribution is 2.32. The lowest BCUT2D eigenvalue weighted by Crippen LogP contribution is -2.13. The number of tetrazole rings is 1. The fraction of sp³-hybridized carbons (Fsp3) is 0.133. The van der Waals surface area contributed by atoms with E-state index < -0.39 is 11.7 Å². The summed E-state index contributed by atoms with van der Waals surface area (Å²) in [5, 5.41) is 11.8. The molecule has 2 aromatic carbocycles. The van der Waals surface area contributed by atoms with Gasteiger partial charge in [0.15, 0.2) is 0 Å². The smallest absolute Gasteiger partial charge is 0.166 e. The van der Waals surface area contributed by atoms with Gasteiger partial charge in [0, 0.05) is 5.56 Å². The largest absolute Gasteiger partial charge is 0.416 e. The lowest BCUT2D eigenvalue weighted by Gasteiger charge is -2.11. The third kappa shape index (κ3) is 2.98. The van der Waals surface area contributed by atoms with Crippen LogP contribution in [0.15, 0.2) is 54.6 Å². The van der Waals surface area contributed by atoms with Crippen LogP contribution in [0.5, 0.6) is 0 Å². The van der Waals surface area contributed by atoms with Gasteiger partial charge >= 0.3 is 6.18 Å². The molecule has 0 fully saturated rings. The van der Waals surface area contributed by atoms with Crippen LogP contribution in [0.25, 0.3) is 11.4 Å². The minimum Gasteiger partial charge on any atom is -0.166 e. The summed E-state index contributed by atoms with van der Waals surface area (Å²) in [6.07, 6.45) is -4.40. The van der Waals surface area contributed by atoms with E-state index in [9.17, 15) is 13.2 Å². The second kappa shape index (κ2) is 5.59. The zero-order chi connectivity index (χ0) is 15.6. The SMILES string of the molecule is FC(F)(F)c1ccccc1Cn1nnc(-c2ccccc2)n1. The number of hydrogen-bond acceptors (Lipinski definition) is 3. The molecule has 0 aliphatic rings. The predicted octanol–water partition coefficient (Wildman–Crippen LogP) is 3.41. The summed E-state index contributed by atoms with van der Waals surface area (Å²) in [6, 6.07) is 14.5. The third-order valence-electron chi connectivity index (χ3n) is 3.12. The van der Waals surface area contributed by atoms with Crippen LogP contribution in [0.3, 0.4) is 0 Å². The molecule has 0 amide bonds. The Hall–Kier alpha value is -2.70. The number of hydrogen-bond donors (Lipinski definition) is 0. The van der Waals surface area contributed by atoms with E-state index in [1.54, 1.807) is 6.07 Å². The van der Waals surface area contributed by atoms with Crippen molar-refractivity contribution in [2.24, 2.45) is 0 Å². The van der Waals surface area contributed by atoms with Gasteiger partial charge in [-0.2, -0.15) is 18.0 Å². The molecule has 1 heterocycles. The van der Waals surface area contributed by atoms with Gasteiger partial charge in [0.2, 0.25) is 5.82 Å². The van der Waals surface area contributed by atoms with Crippen LogP contribution in [0, 0.1) is 0 Å². The van der Waals surface area contributed by atoms with E-state index in [0.717, 1.165) is 16.4 Å². The molecule has 0 saturated carbocycles. The fourth-order valence-corrected chi connectivity index (χ4v) is 2.10. The highest BCUT2D eigenvalue weighted by molar-refractivity contribution is 5.53. The van der Waals surface area contributed by atoms with Crippen LogP contribution in [0.1, 0.15) is 11.1 Å². The minimum atomic E-state index is -4.40. The number of alkyl halides is 3. The van der Waals surface area contributed by atoms with Gasteiger partial charge in [-0.15, -0.1) is 10.2 Å². The quantitative estimate of drug-likeness (QED) is 0.745. The number of benzene rings is 2. The molecule has 0 saturated heterocycles. The molecule has 3 aromatic rings. The van der Waals surface area contributed by atoms with E-state index in [4.69, 9.17) is 0 Å². The summed E-state index contributed by atoms with van der Waals surface area (Å²) < 4.78 is 38.9. The van der Waals surface area contributed by atoms with Crippen molar-refractivity contribution in [1.29, 1.82) is 0 Å². The van der Waals surface area contributed by atoms with Crippen LogP contribution in [-0.2, 0) is 12.7 Å². The molecule has 0 aliphatic carbocycles. The van der Waals surface area contributed by atoms with E-state index in [0.29, 0.717) is 5.82 Å². The first-order valence-electron chi connectivity index (χ1n) is 6.52. The third-order valence-corrected chi connectivity index (χ3v) is 3.12. The summed E-state index contributed by atoms with van der Waals surface area (Å²) in [5.74, 6) is 0.380. The van der Waals surface area contributed by atoms with Crippen molar-refractivity contribution in [1.82, 2.24) is 20.2 Å². The standard InChI is InChI=1S/C15H11F3N4/c16-15(17,18)13-9-5-4-8-12(13)10-22-20-14(19-21-22)11-6-2-1-3-7-11/h1-9H,10H2.